The van der Waals surface area contributed by atoms with Gasteiger partial charge in [-0.15, -0.1) is 0 Å². The van der Waals surface area contributed by atoms with E-state index < -0.39 is 14.7 Å². The van der Waals surface area contributed by atoms with Gasteiger partial charge in [0.25, 0.3) is 6.47 Å². The third kappa shape index (κ3) is 20.4. The van der Waals surface area contributed by atoms with Gasteiger partial charge < -0.3 is 28.3 Å². The Kier molecular flexibility index (Phi) is 21.8. The summed E-state index contributed by atoms with van der Waals surface area (Å²) in [4.78, 5) is 22.9. The van der Waals surface area contributed by atoms with Crippen LogP contribution in [0.15, 0.2) is 24.3 Å². The third-order valence-corrected chi connectivity index (χ3v) is 7.00. The Hall–Kier alpha value is -1.24. The van der Waals surface area contributed by atoms with E-state index in [9.17, 15) is 9.69 Å². The van der Waals surface area contributed by atoms with Gasteiger partial charge in [-0.2, -0.15) is 0 Å². The number of hydrogen-bond acceptors (Lipinski definition) is 7. The molecular weight excluding hydrogens is 489 g/mol. The maximum Gasteiger partial charge on any atom is 0.329 e. The lowest BCUT2D eigenvalue weighted by Crippen LogP contribution is -2.26. The molecule has 1 rings (SSSR count). The van der Waals surface area contributed by atoms with Crippen LogP contribution in [0.4, 0.5) is 0 Å². The topological polar surface area (TPSA) is 77.5 Å². The number of carbonyl (C=O) groups is 1. The van der Waals surface area contributed by atoms with Crippen LogP contribution in [0.1, 0.15) is 96.0 Å². The van der Waals surface area contributed by atoms with Crippen molar-refractivity contribution in [1.29, 1.82) is 0 Å². The number of hydrogen-bond donors (Lipinski definition) is 1. The minimum Gasteiger partial charge on any atom is -0.490 e. The van der Waals surface area contributed by atoms with E-state index in [-0.39, 0.29) is 13.2 Å². The van der Waals surface area contributed by atoms with Crippen molar-refractivity contribution in [2.75, 3.05) is 40.5 Å². The van der Waals surface area contributed by atoms with Gasteiger partial charge in [-0.3, -0.25) is 4.79 Å². The van der Waals surface area contributed by atoms with Gasteiger partial charge in [0.05, 0.1) is 13.2 Å². The van der Waals surface area contributed by atoms with Crippen molar-refractivity contribution in [1.82, 2.24) is 4.90 Å². The van der Waals surface area contributed by atoms with Gasteiger partial charge in [0.15, 0.2) is 6.10 Å². The molecule has 0 fully saturated rings. The highest BCUT2D eigenvalue weighted by atomic mass is 31.2. The fraction of sp³-hybridized carbons (Fsp3) is 0.759. The molecule has 7 nitrogen and oxygen atoms in total. The Bertz CT molecular complexity index is 663. The van der Waals surface area contributed by atoms with Gasteiger partial charge in [0.2, 0.25) is 0 Å². The fourth-order valence-electron chi connectivity index (χ4n) is 4.04. The number of aryl methyl sites for hydroxylation is 1. The molecular formula is C29H52NO6P. The first-order valence-corrected chi connectivity index (χ1v) is 15.4. The molecule has 0 saturated heterocycles. The van der Waals surface area contributed by atoms with Crippen molar-refractivity contribution in [3.8, 4) is 5.75 Å². The van der Waals surface area contributed by atoms with E-state index in [0.717, 1.165) is 31.6 Å². The second kappa shape index (κ2) is 23.8. The Morgan fingerprint density at radius 1 is 0.892 bits per heavy atom. The van der Waals surface area contributed by atoms with Crippen molar-refractivity contribution >= 4 is 15.1 Å². The summed E-state index contributed by atoms with van der Waals surface area (Å²) in [6.07, 6.45) is 17.0. The first kappa shape index (κ1) is 33.8. The minimum atomic E-state index is -2.01. The van der Waals surface area contributed by atoms with Crippen molar-refractivity contribution in [2.45, 2.75) is 103 Å². The number of ether oxygens (including phenoxy) is 2. The Balaban J connectivity index is 2.20. The van der Waals surface area contributed by atoms with Gasteiger partial charge in [0.1, 0.15) is 12.4 Å². The highest BCUT2D eigenvalue weighted by molar-refractivity contribution is 7.40. The zero-order valence-corrected chi connectivity index (χ0v) is 24.5. The van der Waals surface area contributed by atoms with Crippen LogP contribution in [-0.4, -0.2) is 62.8 Å². The van der Waals surface area contributed by atoms with Gasteiger partial charge >= 0.3 is 8.60 Å². The molecule has 0 aromatic heterocycles. The number of benzene rings is 1. The van der Waals surface area contributed by atoms with Crippen molar-refractivity contribution in [3.63, 3.8) is 0 Å². The largest absolute Gasteiger partial charge is 0.490 e. The van der Waals surface area contributed by atoms with E-state index in [1.165, 1.54) is 76.2 Å². The zero-order valence-electron chi connectivity index (χ0n) is 23.6. The lowest BCUT2D eigenvalue weighted by molar-refractivity contribution is -0.136. The first-order valence-electron chi connectivity index (χ1n) is 14.3. The lowest BCUT2D eigenvalue weighted by Gasteiger charge is -2.18. The number of unbranched alkanes of at least 4 members (excludes halogenated alkanes) is 11. The molecule has 2 unspecified atom stereocenters. The highest BCUT2D eigenvalue weighted by Gasteiger charge is 2.16. The summed E-state index contributed by atoms with van der Waals surface area (Å²) in [6.45, 7) is 4.20. The molecule has 8 heteroatoms. The van der Waals surface area contributed by atoms with Crippen LogP contribution in [0.2, 0.25) is 0 Å². The number of nitrogens with zero attached hydrogens (tertiary/aromatic N) is 1. The van der Waals surface area contributed by atoms with Crippen molar-refractivity contribution in [2.24, 2.45) is 0 Å². The maximum atomic E-state index is 10.9. The number of carbonyl (C=O) groups excluding carboxylic acids is 1. The molecule has 2 atom stereocenters. The predicted molar refractivity (Wildman–Crippen MR) is 152 cm³/mol. The molecule has 1 aromatic carbocycles. The molecule has 0 aliphatic heterocycles. The zero-order chi connectivity index (χ0) is 27.0. The molecule has 1 N–H and O–H groups in total. The summed E-state index contributed by atoms with van der Waals surface area (Å²) in [5.41, 5.74) is 1.25. The molecule has 1 aromatic rings. The standard InChI is InChI=1S/C29H52NO6P/c1-4-5-6-7-8-9-10-11-12-13-14-18-27-19-17-20-28(23-27)33-24-29(34-26-31)25-36-37(32)35-22-16-15-21-30(2)3/h17,19-20,23,26,29,32H,4-16,18,21-22,24-25H2,1-3H3. The molecule has 0 aliphatic carbocycles. The van der Waals surface area contributed by atoms with Crippen molar-refractivity contribution < 1.29 is 28.2 Å². The molecule has 0 saturated carbocycles. The van der Waals surface area contributed by atoms with Crippen molar-refractivity contribution in [3.05, 3.63) is 29.8 Å². The van der Waals surface area contributed by atoms with Crippen LogP contribution < -0.4 is 4.74 Å². The summed E-state index contributed by atoms with van der Waals surface area (Å²) in [5, 5.41) is 0. The van der Waals surface area contributed by atoms with Gasteiger partial charge in [-0.25, -0.2) is 0 Å². The Morgan fingerprint density at radius 2 is 1.57 bits per heavy atom. The molecule has 0 radical (unpaired) electrons. The van der Waals surface area contributed by atoms with E-state index in [4.69, 9.17) is 18.5 Å². The van der Waals surface area contributed by atoms with E-state index in [2.05, 4.69) is 17.9 Å². The summed E-state index contributed by atoms with van der Waals surface area (Å²) in [5.74, 6) is 0.739. The Morgan fingerprint density at radius 3 is 2.22 bits per heavy atom. The molecule has 37 heavy (non-hydrogen) atoms. The van der Waals surface area contributed by atoms with Crippen LogP contribution >= 0.6 is 8.60 Å². The second-order valence-electron chi connectivity index (χ2n) is 9.98. The average Bonchev–Trinajstić information content (AvgIpc) is 2.88. The van der Waals surface area contributed by atoms with Gasteiger partial charge in [-0.1, -0.05) is 83.3 Å². The molecule has 0 spiro atoms. The Labute approximate surface area is 227 Å². The molecule has 0 amide bonds. The second-order valence-corrected chi connectivity index (χ2v) is 11.0. The third-order valence-electron chi connectivity index (χ3n) is 6.22. The monoisotopic (exact) mass is 541 g/mol. The summed E-state index contributed by atoms with van der Waals surface area (Å²) < 4.78 is 21.6. The summed E-state index contributed by atoms with van der Waals surface area (Å²) >= 11 is 0. The summed E-state index contributed by atoms with van der Waals surface area (Å²) in [7, 11) is 2.03. The molecule has 0 aliphatic rings. The van der Waals surface area contributed by atoms with Crippen LogP contribution in [0.5, 0.6) is 5.75 Å². The van der Waals surface area contributed by atoms with E-state index in [0.29, 0.717) is 13.1 Å². The van der Waals surface area contributed by atoms with E-state index >= 15 is 0 Å². The van der Waals surface area contributed by atoms with Gasteiger partial charge in [-0.05, 0) is 64.0 Å². The lowest BCUT2D eigenvalue weighted by atomic mass is 10.0. The quantitative estimate of drug-likeness (QED) is 0.0764. The fourth-order valence-corrected chi connectivity index (χ4v) is 4.69. The smallest absolute Gasteiger partial charge is 0.329 e. The highest BCUT2D eigenvalue weighted by Crippen LogP contribution is 2.33. The van der Waals surface area contributed by atoms with E-state index in [1.54, 1.807) is 0 Å². The minimum absolute atomic E-state index is 0.0110. The van der Waals surface area contributed by atoms with Crippen LogP contribution in [0, 0.1) is 0 Å². The summed E-state index contributed by atoms with van der Waals surface area (Å²) in [6, 6.07) is 8.07. The predicted octanol–water partition coefficient (Wildman–Crippen LogP) is 7.05. The molecule has 0 heterocycles. The van der Waals surface area contributed by atoms with Crippen LogP contribution in [0.25, 0.3) is 0 Å². The SMILES string of the molecule is CCCCCCCCCCCCCc1cccc(OCC(COP(O)OCCCCN(C)C)OC=O)c1. The number of rotatable bonds is 26. The van der Waals surface area contributed by atoms with E-state index in [1.807, 2.05) is 32.3 Å². The first-order chi connectivity index (χ1) is 18.0. The van der Waals surface area contributed by atoms with Gasteiger partial charge in [0, 0.05) is 0 Å². The normalized spacial score (nSPS) is 13.0. The average molecular weight is 542 g/mol. The molecule has 0 bridgehead atoms. The maximum absolute atomic E-state index is 10.9. The molecule has 214 valence electrons. The van der Waals surface area contributed by atoms with Crippen LogP contribution in [0.3, 0.4) is 0 Å². The van der Waals surface area contributed by atoms with Crippen LogP contribution in [-0.2, 0) is 25.0 Å².